The minimum absolute atomic E-state index is 0.325. The van der Waals surface area contributed by atoms with Gasteiger partial charge < -0.3 is 16.2 Å². The van der Waals surface area contributed by atoms with Crippen molar-refractivity contribution in [3.8, 4) is 0 Å². The molecule has 19 heavy (non-hydrogen) atoms. The van der Waals surface area contributed by atoms with Crippen LogP contribution in [0.1, 0.15) is 71.1 Å². The van der Waals surface area contributed by atoms with E-state index in [2.05, 4.69) is 12.2 Å². The zero-order chi connectivity index (χ0) is 13.9. The number of hydrogen-bond donors (Lipinski definition) is 3. The zero-order valence-electron chi connectivity index (χ0n) is 12.7. The normalized spacial score (nSPS) is 25.4. The summed E-state index contributed by atoms with van der Waals surface area (Å²) in [5, 5.41) is 13.2. The Morgan fingerprint density at radius 2 is 1.89 bits per heavy atom. The molecule has 114 valence electrons. The van der Waals surface area contributed by atoms with Crippen molar-refractivity contribution in [2.45, 2.75) is 83.2 Å². The van der Waals surface area contributed by atoms with Gasteiger partial charge in [-0.15, -0.1) is 0 Å². The summed E-state index contributed by atoms with van der Waals surface area (Å²) in [7, 11) is 0. The number of nitrogens with one attached hydrogen (secondary N) is 1. The Morgan fingerprint density at radius 1 is 1.16 bits per heavy atom. The van der Waals surface area contributed by atoms with E-state index in [1.165, 1.54) is 64.2 Å². The zero-order valence-corrected chi connectivity index (χ0v) is 12.7. The second kappa shape index (κ2) is 10.6. The molecule has 1 aliphatic carbocycles. The molecule has 0 aromatic rings. The monoisotopic (exact) mass is 270 g/mol. The summed E-state index contributed by atoms with van der Waals surface area (Å²) in [5.41, 5.74) is 5.89. The summed E-state index contributed by atoms with van der Waals surface area (Å²) in [5.74, 6) is 0.447. The summed E-state index contributed by atoms with van der Waals surface area (Å²) < 4.78 is 0. The topological polar surface area (TPSA) is 58.3 Å². The van der Waals surface area contributed by atoms with Crippen molar-refractivity contribution in [2.75, 3.05) is 13.2 Å². The highest BCUT2D eigenvalue weighted by atomic mass is 16.3. The van der Waals surface area contributed by atoms with Gasteiger partial charge in [-0.2, -0.15) is 0 Å². The molecule has 3 heteroatoms. The molecule has 3 atom stereocenters. The molecule has 0 bridgehead atoms. The van der Waals surface area contributed by atoms with Crippen LogP contribution in [0.15, 0.2) is 0 Å². The number of nitrogens with two attached hydrogens (primary N) is 1. The highest BCUT2D eigenvalue weighted by Gasteiger charge is 2.25. The van der Waals surface area contributed by atoms with Gasteiger partial charge in [-0.05, 0) is 25.2 Å². The molecule has 0 saturated heterocycles. The van der Waals surface area contributed by atoms with Crippen LogP contribution in [0.3, 0.4) is 0 Å². The Labute approximate surface area is 119 Å². The second-order valence-electron chi connectivity index (χ2n) is 6.14. The third-order valence-corrected chi connectivity index (χ3v) is 4.53. The van der Waals surface area contributed by atoms with Crippen molar-refractivity contribution in [2.24, 2.45) is 11.7 Å². The minimum atomic E-state index is 0.325. The summed E-state index contributed by atoms with van der Waals surface area (Å²) in [6, 6.07) is 0.932. The van der Waals surface area contributed by atoms with Gasteiger partial charge in [-0.3, -0.25) is 0 Å². The number of hydrogen-bond acceptors (Lipinski definition) is 3. The Balaban J connectivity index is 2.22. The molecule has 0 aromatic carbocycles. The molecule has 0 spiro atoms. The smallest absolute Gasteiger partial charge is 0.0474 e. The average molecular weight is 270 g/mol. The van der Waals surface area contributed by atoms with E-state index in [1.807, 2.05) is 0 Å². The fraction of sp³-hybridized carbons (Fsp3) is 1.00. The van der Waals surface area contributed by atoms with Gasteiger partial charge in [0.2, 0.25) is 0 Å². The molecule has 1 saturated carbocycles. The van der Waals surface area contributed by atoms with Crippen molar-refractivity contribution < 1.29 is 5.11 Å². The Hall–Kier alpha value is -0.120. The van der Waals surface area contributed by atoms with Crippen molar-refractivity contribution in [1.29, 1.82) is 0 Å². The predicted octanol–water partition coefficient (Wildman–Crippen LogP) is 2.81. The van der Waals surface area contributed by atoms with Gasteiger partial charge in [0.05, 0.1) is 0 Å². The maximum atomic E-state index is 9.45. The Kier molecular flexibility index (Phi) is 9.48. The van der Waals surface area contributed by atoms with E-state index in [-0.39, 0.29) is 0 Å². The van der Waals surface area contributed by atoms with Gasteiger partial charge >= 0.3 is 0 Å². The van der Waals surface area contributed by atoms with Crippen LogP contribution in [-0.4, -0.2) is 30.3 Å². The predicted molar refractivity (Wildman–Crippen MR) is 82.2 cm³/mol. The van der Waals surface area contributed by atoms with Gasteiger partial charge in [0, 0.05) is 25.2 Å². The number of aliphatic hydroxyl groups is 1. The maximum Gasteiger partial charge on any atom is 0.0474 e. The van der Waals surface area contributed by atoms with Gasteiger partial charge in [0.25, 0.3) is 0 Å². The molecule has 1 rings (SSSR count). The first-order valence-corrected chi connectivity index (χ1v) is 8.38. The number of unbranched alkanes of at least 4 members (excludes halogenated alkanes) is 4. The van der Waals surface area contributed by atoms with Gasteiger partial charge in [0.1, 0.15) is 0 Å². The fourth-order valence-corrected chi connectivity index (χ4v) is 3.21. The summed E-state index contributed by atoms with van der Waals surface area (Å²) >= 11 is 0. The Morgan fingerprint density at radius 3 is 2.58 bits per heavy atom. The van der Waals surface area contributed by atoms with E-state index in [1.54, 1.807) is 0 Å². The molecule has 1 aliphatic rings. The minimum Gasteiger partial charge on any atom is -0.396 e. The number of rotatable bonds is 10. The van der Waals surface area contributed by atoms with Crippen LogP contribution in [-0.2, 0) is 0 Å². The standard InChI is InChI=1S/C16H34N2O/c1-2-3-4-5-6-10-15(12-17)18-16-11-8-7-9-14(16)13-19/h14-16,18-19H,2-13,17H2,1H3. The first kappa shape index (κ1) is 16.9. The summed E-state index contributed by atoms with van der Waals surface area (Å²) in [4.78, 5) is 0. The summed E-state index contributed by atoms with van der Waals surface area (Å²) in [6.45, 7) is 3.30. The highest BCUT2D eigenvalue weighted by Crippen LogP contribution is 2.24. The van der Waals surface area contributed by atoms with Crippen molar-refractivity contribution in [3.63, 3.8) is 0 Å². The molecule has 3 unspecified atom stereocenters. The third-order valence-electron chi connectivity index (χ3n) is 4.53. The van der Waals surface area contributed by atoms with Crippen LogP contribution in [0.25, 0.3) is 0 Å². The first-order chi connectivity index (χ1) is 9.31. The molecule has 4 N–H and O–H groups in total. The lowest BCUT2D eigenvalue weighted by molar-refractivity contribution is 0.145. The van der Waals surface area contributed by atoms with Crippen LogP contribution in [0.2, 0.25) is 0 Å². The molecule has 1 fully saturated rings. The highest BCUT2D eigenvalue weighted by molar-refractivity contribution is 4.84. The van der Waals surface area contributed by atoms with Crippen LogP contribution < -0.4 is 11.1 Å². The molecule has 0 heterocycles. The van der Waals surface area contributed by atoms with Crippen LogP contribution in [0.5, 0.6) is 0 Å². The molecule has 0 amide bonds. The summed E-state index contributed by atoms with van der Waals surface area (Å²) in [6.07, 6.45) is 12.8. The van der Waals surface area contributed by atoms with Crippen LogP contribution in [0, 0.1) is 5.92 Å². The lowest BCUT2D eigenvalue weighted by Gasteiger charge is -2.34. The first-order valence-electron chi connectivity index (χ1n) is 8.38. The SMILES string of the molecule is CCCCCCCC(CN)NC1CCCCC1CO. The number of aliphatic hydroxyl groups excluding tert-OH is 1. The van der Waals surface area contributed by atoms with Crippen molar-refractivity contribution in [1.82, 2.24) is 5.32 Å². The molecule has 3 nitrogen and oxygen atoms in total. The van der Waals surface area contributed by atoms with E-state index in [9.17, 15) is 5.11 Å². The third kappa shape index (κ3) is 6.73. The van der Waals surface area contributed by atoms with E-state index < -0.39 is 0 Å². The molecule has 0 aliphatic heterocycles. The Bertz CT molecular complexity index is 211. The van der Waals surface area contributed by atoms with Crippen LogP contribution >= 0.6 is 0 Å². The fourth-order valence-electron chi connectivity index (χ4n) is 3.21. The average Bonchev–Trinajstić information content (AvgIpc) is 2.46. The molecular formula is C16H34N2O. The maximum absolute atomic E-state index is 9.45. The second-order valence-corrected chi connectivity index (χ2v) is 6.14. The quantitative estimate of drug-likeness (QED) is 0.535. The van der Waals surface area contributed by atoms with Crippen LogP contribution in [0.4, 0.5) is 0 Å². The van der Waals surface area contributed by atoms with Crippen molar-refractivity contribution in [3.05, 3.63) is 0 Å². The molecule has 0 radical (unpaired) electrons. The largest absolute Gasteiger partial charge is 0.396 e. The molecular weight excluding hydrogens is 236 g/mol. The van der Waals surface area contributed by atoms with Gasteiger partial charge in [-0.25, -0.2) is 0 Å². The van der Waals surface area contributed by atoms with E-state index >= 15 is 0 Å². The van der Waals surface area contributed by atoms with Gasteiger partial charge in [0.15, 0.2) is 0 Å². The van der Waals surface area contributed by atoms with E-state index in [0.717, 1.165) is 6.54 Å². The molecule has 0 aromatic heterocycles. The van der Waals surface area contributed by atoms with E-state index in [0.29, 0.717) is 24.6 Å². The lowest BCUT2D eigenvalue weighted by atomic mass is 9.84. The van der Waals surface area contributed by atoms with E-state index in [4.69, 9.17) is 5.73 Å². The van der Waals surface area contributed by atoms with Crippen molar-refractivity contribution >= 4 is 0 Å². The van der Waals surface area contributed by atoms with Gasteiger partial charge in [-0.1, -0.05) is 51.9 Å². The lowest BCUT2D eigenvalue weighted by Crippen LogP contribution is -2.48.